The molecular formula is C61H39N3. The Morgan fingerprint density at radius 1 is 0.172 bits per heavy atom. The van der Waals surface area contributed by atoms with Crippen LogP contribution in [-0.4, -0.2) is 15.0 Å². The molecule has 64 heavy (non-hydrogen) atoms. The van der Waals surface area contributed by atoms with E-state index in [1.165, 1.54) is 49.4 Å². The molecule has 11 aromatic carbocycles. The van der Waals surface area contributed by atoms with Crippen molar-refractivity contribution in [1.29, 1.82) is 0 Å². The lowest BCUT2D eigenvalue weighted by atomic mass is 9.84. The summed E-state index contributed by atoms with van der Waals surface area (Å²) in [5.74, 6) is 1.87. The van der Waals surface area contributed by atoms with Gasteiger partial charge < -0.3 is 0 Å². The van der Waals surface area contributed by atoms with E-state index < -0.39 is 0 Å². The first-order chi connectivity index (χ1) is 31.8. The molecule has 0 bridgehead atoms. The van der Waals surface area contributed by atoms with E-state index in [0.29, 0.717) is 17.5 Å². The van der Waals surface area contributed by atoms with Gasteiger partial charge in [0.15, 0.2) is 17.5 Å². The Labute approximate surface area is 371 Å². The molecule has 12 rings (SSSR count). The molecule has 0 aliphatic carbocycles. The Morgan fingerprint density at radius 2 is 0.469 bits per heavy atom. The Hall–Kier alpha value is -8.53. The highest BCUT2D eigenvalue weighted by molar-refractivity contribution is 6.24. The van der Waals surface area contributed by atoms with Crippen LogP contribution in [0.25, 0.3) is 122 Å². The van der Waals surface area contributed by atoms with Gasteiger partial charge in [-0.3, -0.25) is 0 Å². The fourth-order valence-corrected chi connectivity index (χ4v) is 9.69. The lowest BCUT2D eigenvalue weighted by Gasteiger charge is -2.19. The lowest BCUT2D eigenvalue weighted by molar-refractivity contribution is 1.08. The summed E-state index contributed by atoms with van der Waals surface area (Å²) in [7, 11) is 0. The number of hydrogen-bond donors (Lipinski definition) is 0. The smallest absolute Gasteiger partial charge is 0.164 e. The van der Waals surface area contributed by atoms with Crippen molar-refractivity contribution in [2.24, 2.45) is 0 Å². The van der Waals surface area contributed by atoms with Crippen LogP contribution in [0.2, 0.25) is 0 Å². The van der Waals surface area contributed by atoms with Gasteiger partial charge in [0.25, 0.3) is 0 Å². The van der Waals surface area contributed by atoms with Crippen molar-refractivity contribution in [2.75, 3.05) is 0 Å². The van der Waals surface area contributed by atoms with Crippen molar-refractivity contribution >= 4 is 43.1 Å². The number of rotatable bonds is 7. The van der Waals surface area contributed by atoms with Crippen LogP contribution in [0.15, 0.2) is 237 Å². The zero-order chi connectivity index (χ0) is 42.4. The van der Waals surface area contributed by atoms with Gasteiger partial charge in [0.1, 0.15) is 0 Å². The van der Waals surface area contributed by atoms with Crippen LogP contribution in [0, 0.1) is 0 Å². The first-order valence-electron chi connectivity index (χ1n) is 21.8. The predicted molar refractivity (Wildman–Crippen MR) is 268 cm³/mol. The minimum atomic E-state index is 0.621. The van der Waals surface area contributed by atoms with E-state index >= 15 is 0 Å². The van der Waals surface area contributed by atoms with Gasteiger partial charge in [0.05, 0.1) is 0 Å². The van der Waals surface area contributed by atoms with Crippen molar-refractivity contribution in [3.05, 3.63) is 237 Å². The highest BCUT2D eigenvalue weighted by Gasteiger charge is 2.22. The third kappa shape index (κ3) is 6.33. The normalized spacial score (nSPS) is 11.4. The van der Waals surface area contributed by atoms with Crippen LogP contribution in [0.3, 0.4) is 0 Å². The SMILES string of the molecule is c1ccc(-c2ccccc2-c2nc(-c3ccc(-c4ccccc4)c4ccccc34)nc(-c3ccc(-c4c5ccccc5c(-c5ccccc5)c5ccccc45)c4ccccc34)n2)cc1. The second-order valence-corrected chi connectivity index (χ2v) is 16.2. The quantitative estimate of drug-likeness (QED) is 0.150. The molecule has 0 atom stereocenters. The monoisotopic (exact) mass is 813 g/mol. The highest BCUT2D eigenvalue weighted by Crippen LogP contribution is 2.47. The molecule has 0 saturated carbocycles. The van der Waals surface area contributed by atoms with E-state index in [1.807, 2.05) is 6.07 Å². The molecule has 1 heterocycles. The minimum Gasteiger partial charge on any atom is -0.208 e. The zero-order valence-corrected chi connectivity index (χ0v) is 34.9. The van der Waals surface area contributed by atoms with Crippen LogP contribution < -0.4 is 0 Å². The summed E-state index contributed by atoms with van der Waals surface area (Å²) in [6, 6.07) is 84.1. The minimum absolute atomic E-state index is 0.621. The molecule has 0 spiro atoms. The second kappa shape index (κ2) is 15.7. The molecular weight excluding hydrogens is 775 g/mol. The van der Waals surface area contributed by atoms with Gasteiger partial charge in [-0.1, -0.05) is 224 Å². The summed E-state index contributed by atoms with van der Waals surface area (Å²) in [5, 5.41) is 9.32. The molecule has 3 heteroatoms. The summed E-state index contributed by atoms with van der Waals surface area (Å²) in [4.78, 5) is 16.2. The van der Waals surface area contributed by atoms with Crippen LogP contribution >= 0.6 is 0 Å². The Morgan fingerprint density at radius 3 is 0.953 bits per heavy atom. The molecule has 0 saturated heterocycles. The summed E-state index contributed by atoms with van der Waals surface area (Å²) < 4.78 is 0. The van der Waals surface area contributed by atoms with E-state index in [2.05, 4.69) is 231 Å². The molecule has 0 fully saturated rings. The third-order valence-corrected chi connectivity index (χ3v) is 12.6. The maximum Gasteiger partial charge on any atom is 0.164 e. The molecule has 0 radical (unpaired) electrons. The van der Waals surface area contributed by atoms with Crippen molar-refractivity contribution in [2.45, 2.75) is 0 Å². The first kappa shape index (κ1) is 37.2. The molecule has 1 aromatic heterocycles. The molecule has 0 amide bonds. The molecule has 0 unspecified atom stereocenters. The fraction of sp³-hybridized carbons (Fsp3) is 0. The standard InChI is InChI=1S/C61H39N3/c1-4-20-40(21-5-1)43-26-10-19-35-54(43)59-62-60(55-38-36-44(41-22-6-2-7-23-41)45-27-11-13-29-47(45)55)64-61(63-59)56-39-37-53(46-28-12-14-30-48(46)56)58-51-33-17-15-31-49(51)57(42-24-8-3-9-25-42)50-32-16-18-34-52(50)58/h1-39H. The molecule has 0 aliphatic rings. The van der Waals surface area contributed by atoms with Crippen LogP contribution in [0.5, 0.6) is 0 Å². The summed E-state index contributed by atoms with van der Waals surface area (Å²) >= 11 is 0. The van der Waals surface area contributed by atoms with Crippen molar-refractivity contribution in [1.82, 2.24) is 15.0 Å². The van der Waals surface area contributed by atoms with E-state index in [0.717, 1.165) is 54.9 Å². The van der Waals surface area contributed by atoms with Gasteiger partial charge in [0, 0.05) is 16.7 Å². The Kier molecular flexibility index (Phi) is 9.16. The number of benzene rings is 11. The summed E-state index contributed by atoms with van der Waals surface area (Å²) in [6.07, 6.45) is 0. The third-order valence-electron chi connectivity index (χ3n) is 12.6. The first-order valence-corrected chi connectivity index (χ1v) is 21.8. The van der Waals surface area contributed by atoms with E-state index in [9.17, 15) is 0 Å². The topological polar surface area (TPSA) is 38.7 Å². The average molecular weight is 814 g/mol. The fourth-order valence-electron chi connectivity index (χ4n) is 9.69. The highest BCUT2D eigenvalue weighted by atomic mass is 15.0. The van der Waals surface area contributed by atoms with Gasteiger partial charge in [0.2, 0.25) is 0 Å². The Balaban J connectivity index is 1.11. The van der Waals surface area contributed by atoms with Gasteiger partial charge in [-0.15, -0.1) is 0 Å². The summed E-state index contributed by atoms with van der Waals surface area (Å²) in [6.45, 7) is 0. The lowest BCUT2D eigenvalue weighted by Crippen LogP contribution is -2.02. The molecule has 12 aromatic rings. The molecule has 0 N–H and O–H groups in total. The molecule has 0 aliphatic heterocycles. The molecule has 3 nitrogen and oxygen atoms in total. The summed E-state index contributed by atoms with van der Waals surface area (Å²) in [5.41, 5.74) is 12.2. The van der Waals surface area contributed by atoms with Gasteiger partial charge >= 0.3 is 0 Å². The maximum atomic E-state index is 5.43. The van der Waals surface area contributed by atoms with Crippen molar-refractivity contribution in [3.8, 4) is 78.7 Å². The van der Waals surface area contributed by atoms with Crippen LogP contribution in [-0.2, 0) is 0 Å². The van der Waals surface area contributed by atoms with E-state index in [1.54, 1.807) is 0 Å². The van der Waals surface area contributed by atoms with Gasteiger partial charge in [-0.25, -0.2) is 15.0 Å². The number of fused-ring (bicyclic) bond motifs is 4. The number of aromatic nitrogens is 3. The second-order valence-electron chi connectivity index (χ2n) is 16.2. The average Bonchev–Trinajstić information content (AvgIpc) is 3.38. The van der Waals surface area contributed by atoms with Crippen LogP contribution in [0.1, 0.15) is 0 Å². The van der Waals surface area contributed by atoms with Crippen molar-refractivity contribution < 1.29 is 0 Å². The van der Waals surface area contributed by atoms with E-state index in [-0.39, 0.29) is 0 Å². The van der Waals surface area contributed by atoms with E-state index in [4.69, 9.17) is 15.0 Å². The number of hydrogen-bond acceptors (Lipinski definition) is 3. The Bertz CT molecular complexity index is 3650. The van der Waals surface area contributed by atoms with Crippen molar-refractivity contribution in [3.63, 3.8) is 0 Å². The largest absolute Gasteiger partial charge is 0.208 e. The predicted octanol–water partition coefficient (Wildman–Crippen LogP) is 16.2. The molecule has 298 valence electrons. The number of nitrogens with zero attached hydrogens (tertiary/aromatic N) is 3. The van der Waals surface area contributed by atoms with Gasteiger partial charge in [-0.05, 0) is 99.7 Å². The zero-order valence-electron chi connectivity index (χ0n) is 34.9. The maximum absolute atomic E-state index is 5.43. The van der Waals surface area contributed by atoms with Crippen LogP contribution in [0.4, 0.5) is 0 Å². The van der Waals surface area contributed by atoms with Gasteiger partial charge in [-0.2, -0.15) is 0 Å².